The molecule has 0 saturated carbocycles. The summed E-state index contributed by atoms with van der Waals surface area (Å²) in [6.07, 6.45) is 1.64. The van der Waals surface area contributed by atoms with E-state index in [-0.39, 0.29) is 11.7 Å². The summed E-state index contributed by atoms with van der Waals surface area (Å²) in [5, 5.41) is 12.3. The lowest BCUT2D eigenvalue weighted by atomic mass is 10.2. The minimum absolute atomic E-state index is 0.000823. The SMILES string of the molecule is O=C(NCCCOCCc1ccccc1)c1ccccc1O. The molecule has 0 fully saturated rings. The Kier molecular flexibility index (Phi) is 6.45. The van der Waals surface area contributed by atoms with Gasteiger partial charge in [0.1, 0.15) is 5.75 Å². The second kappa shape index (κ2) is 8.85. The maximum absolute atomic E-state index is 11.8. The first kappa shape index (κ1) is 16.0. The number of para-hydroxylation sites is 1. The van der Waals surface area contributed by atoms with E-state index in [1.807, 2.05) is 18.2 Å². The fraction of sp³-hybridized carbons (Fsp3) is 0.278. The van der Waals surface area contributed by atoms with E-state index in [2.05, 4.69) is 17.4 Å². The van der Waals surface area contributed by atoms with Crippen LogP contribution >= 0.6 is 0 Å². The topological polar surface area (TPSA) is 58.6 Å². The Morgan fingerprint density at radius 1 is 1.00 bits per heavy atom. The van der Waals surface area contributed by atoms with E-state index in [1.165, 1.54) is 11.6 Å². The lowest BCUT2D eigenvalue weighted by Gasteiger charge is -2.07. The van der Waals surface area contributed by atoms with Crippen LogP contribution in [0.2, 0.25) is 0 Å². The van der Waals surface area contributed by atoms with Gasteiger partial charge in [0, 0.05) is 13.2 Å². The van der Waals surface area contributed by atoms with Crippen LogP contribution in [0.25, 0.3) is 0 Å². The number of hydrogen-bond acceptors (Lipinski definition) is 3. The van der Waals surface area contributed by atoms with Crippen molar-refractivity contribution in [2.75, 3.05) is 19.8 Å². The maximum Gasteiger partial charge on any atom is 0.255 e. The van der Waals surface area contributed by atoms with Crippen molar-refractivity contribution in [1.82, 2.24) is 5.32 Å². The van der Waals surface area contributed by atoms with E-state index in [0.717, 1.165) is 12.8 Å². The van der Waals surface area contributed by atoms with Crippen molar-refractivity contribution in [1.29, 1.82) is 0 Å². The standard InChI is InChI=1S/C18H21NO3/c20-17-10-5-4-9-16(17)18(21)19-12-6-13-22-14-11-15-7-2-1-3-8-15/h1-5,7-10,20H,6,11-14H2,(H,19,21). The van der Waals surface area contributed by atoms with Crippen LogP contribution in [-0.4, -0.2) is 30.8 Å². The van der Waals surface area contributed by atoms with Crippen molar-refractivity contribution in [3.05, 3.63) is 65.7 Å². The molecule has 0 aliphatic rings. The van der Waals surface area contributed by atoms with Gasteiger partial charge in [-0.3, -0.25) is 4.79 Å². The number of aromatic hydroxyl groups is 1. The van der Waals surface area contributed by atoms with Gasteiger partial charge in [-0.2, -0.15) is 0 Å². The maximum atomic E-state index is 11.8. The minimum Gasteiger partial charge on any atom is -0.507 e. The summed E-state index contributed by atoms with van der Waals surface area (Å²) >= 11 is 0. The van der Waals surface area contributed by atoms with Gasteiger partial charge in [-0.05, 0) is 30.5 Å². The number of carbonyl (C=O) groups is 1. The summed E-state index contributed by atoms with van der Waals surface area (Å²) in [6.45, 7) is 1.81. The van der Waals surface area contributed by atoms with Crippen LogP contribution in [0.4, 0.5) is 0 Å². The van der Waals surface area contributed by atoms with Crippen LogP contribution in [0.1, 0.15) is 22.3 Å². The normalized spacial score (nSPS) is 10.4. The minimum atomic E-state index is -0.262. The molecular weight excluding hydrogens is 278 g/mol. The van der Waals surface area contributed by atoms with E-state index in [4.69, 9.17) is 4.74 Å². The van der Waals surface area contributed by atoms with Crippen LogP contribution in [0.5, 0.6) is 5.75 Å². The Balaban J connectivity index is 1.56. The Morgan fingerprint density at radius 3 is 2.50 bits per heavy atom. The van der Waals surface area contributed by atoms with Gasteiger partial charge in [-0.1, -0.05) is 42.5 Å². The fourth-order valence-electron chi connectivity index (χ4n) is 2.07. The van der Waals surface area contributed by atoms with E-state index >= 15 is 0 Å². The van der Waals surface area contributed by atoms with Crippen LogP contribution in [0.15, 0.2) is 54.6 Å². The molecule has 0 aromatic heterocycles. The third kappa shape index (κ3) is 5.22. The molecule has 0 atom stereocenters. The largest absolute Gasteiger partial charge is 0.507 e. The summed E-state index contributed by atoms with van der Waals surface area (Å²) in [6, 6.07) is 16.7. The molecule has 0 aliphatic heterocycles. The van der Waals surface area contributed by atoms with Gasteiger partial charge in [0.2, 0.25) is 0 Å². The van der Waals surface area contributed by atoms with Crippen LogP contribution < -0.4 is 5.32 Å². The summed E-state index contributed by atoms with van der Waals surface area (Å²) < 4.78 is 5.55. The van der Waals surface area contributed by atoms with Crippen molar-refractivity contribution in [2.45, 2.75) is 12.8 Å². The number of rotatable bonds is 8. The molecule has 4 nitrogen and oxygen atoms in total. The molecule has 0 aliphatic carbocycles. The summed E-state index contributed by atoms with van der Waals surface area (Å²) in [4.78, 5) is 11.8. The van der Waals surface area contributed by atoms with Gasteiger partial charge in [-0.25, -0.2) is 0 Å². The number of phenolic OH excluding ortho intramolecular Hbond substituents is 1. The van der Waals surface area contributed by atoms with Gasteiger partial charge in [0.25, 0.3) is 5.91 Å². The van der Waals surface area contributed by atoms with Crippen molar-refractivity contribution in [3.63, 3.8) is 0 Å². The lowest BCUT2D eigenvalue weighted by molar-refractivity contribution is 0.0939. The molecule has 1 amide bonds. The monoisotopic (exact) mass is 299 g/mol. The molecule has 0 unspecified atom stereocenters. The lowest BCUT2D eigenvalue weighted by Crippen LogP contribution is -2.25. The summed E-state index contributed by atoms with van der Waals surface area (Å²) in [7, 11) is 0. The number of ether oxygens (including phenoxy) is 1. The molecule has 2 aromatic rings. The highest BCUT2D eigenvalue weighted by molar-refractivity contribution is 5.96. The molecule has 2 N–H and O–H groups in total. The first-order chi connectivity index (χ1) is 10.8. The highest BCUT2D eigenvalue weighted by atomic mass is 16.5. The fourth-order valence-corrected chi connectivity index (χ4v) is 2.07. The molecule has 2 aromatic carbocycles. The number of carbonyl (C=O) groups excluding carboxylic acids is 1. The number of amides is 1. The first-order valence-corrected chi connectivity index (χ1v) is 7.45. The summed E-state index contributed by atoms with van der Waals surface area (Å²) in [5.74, 6) is -0.263. The van der Waals surface area contributed by atoms with Crippen LogP contribution in [0, 0.1) is 0 Å². The Labute approximate surface area is 130 Å². The van der Waals surface area contributed by atoms with E-state index < -0.39 is 0 Å². The molecule has 0 bridgehead atoms. The second-order valence-corrected chi connectivity index (χ2v) is 4.97. The number of phenols is 1. The smallest absolute Gasteiger partial charge is 0.255 e. The van der Waals surface area contributed by atoms with E-state index in [1.54, 1.807) is 18.2 Å². The van der Waals surface area contributed by atoms with Gasteiger partial charge in [-0.15, -0.1) is 0 Å². The van der Waals surface area contributed by atoms with Gasteiger partial charge >= 0.3 is 0 Å². The highest BCUT2D eigenvalue weighted by Crippen LogP contribution is 2.14. The van der Waals surface area contributed by atoms with Crippen LogP contribution in [-0.2, 0) is 11.2 Å². The molecular formula is C18H21NO3. The molecule has 22 heavy (non-hydrogen) atoms. The number of benzene rings is 2. The Bertz CT molecular complexity index is 584. The quantitative estimate of drug-likeness (QED) is 0.737. The molecule has 0 radical (unpaired) electrons. The molecule has 4 heteroatoms. The number of hydrogen-bond donors (Lipinski definition) is 2. The zero-order chi connectivity index (χ0) is 15.6. The van der Waals surface area contributed by atoms with Gasteiger partial charge in [0.05, 0.1) is 12.2 Å². The highest BCUT2D eigenvalue weighted by Gasteiger charge is 2.08. The second-order valence-electron chi connectivity index (χ2n) is 4.97. The molecule has 116 valence electrons. The van der Waals surface area contributed by atoms with Crippen molar-refractivity contribution >= 4 is 5.91 Å². The summed E-state index contributed by atoms with van der Waals surface area (Å²) in [5.41, 5.74) is 1.56. The molecule has 0 spiro atoms. The van der Waals surface area contributed by atoms with Gasteiger partial charge < -0.3 is 15.2 Å². The average Bonchev–Trinajstić information content (AvgIpc) is 2.55. The molecule has 2 rings (SSSR count). The molecule has 0 heterocycles. The molecule has 0 saturated heterocycles. The zero-order valence-corrected chi connectivity index (χ0v) is 12.5. The third-order valence-corrected chi connectivity index (χ3v) is 3.28. The zero-order valence-electron chi connectivity index (χ0n) is 12.5. The number of nitrogens with one attached hydrogen (secondary N) is 1. The Morgan fingerprint density at radius 2 is 1.73 bits per heavy atom. The predicted molar refractivity (Wildman–Crippen MR) is 86.0 cm³/mol. The Hall–Kier alpha value is -2.33. The third-order valence-electron chi connectivity index (χ3n) is 3.28. The average molecular weight is 299 g/mol. The van der Waals surface area contributed by atoms with Gasteiger partial charge in [0.15, 0.2) is 0 Å². The first-order valence-electron chi connectivity index (χ1n) is 7.45. The van der Waals surface area contributed by atoms with E-state index in [0.29, 0.717) is 25.3 Å². The van der Waals surface area contributed by atoms with E-state index in [9.17, 15) is 9.90 Å². The predicted octanol–water partition coefficient (Wildman–Crippen LogP) is 2.77. The van der Waals surface area contributed by atoms with Crippen molar-refractivity contribution < 1.29 is 14.6 Å². The van der Waals surface area contributed by atoms with Crippen LogP contribution in [0.3, 0.4) is 0 Å². The van der Waals surface area contributed by atoms with Crippen molar-refractivity contribution in [3.8, 4) is 5.75 Å². The van der Waals surface area contributed by atoms with Crippen molar-refractivity contribution in [2.24, 2.45) is 0 Å².